The van der Waals surface area contributed by atoms with Gasteiger partial charge in [0.05, 0.1) is 7.11 Å². The minimum Gasteiger partial charge on any atom is -0.497 e. The quantitative estimate of drug-likeness (QED) is 0.628. The fourth-order valence-corrected chi connectivity index (χ4v) is 0.948. The normalized spacial score (nSPS) is 10.2. The zero-order valence-electron chi connectivity index (χ0n) is 7.00. The van der Waals surface area contributed by atoms with E-state index in [2.05, 4.69) is 19.9 Å². The maximum Gasteiger partial charge on any atom is 0.119 e. The highest BCUT2D eigenvalue weighted by molar-refractivity contribution is 5.30. The molecular formula is C10H13O. The highest BCUT2D eigenvalue weighted by atomic mass is 16.5. The predicted octanol–water partition coefficient (Wildman–Crippen LogP) is 2.63. The van der Waals surface area contributed by atoms with Crippen LogP contribution < -0.4 is 4.74 Å². The van der Waals surface area contributed by atoms with E-state index in [0.29, 0.717) is 5.92 Å². The maximum absolute atomic E-state index is 5.08. The molecule has 0 saturated heterocycles. The Hall–Kier alpha value is -0.980. The molecule has 0 fully saturated rings. The molecule has 0 heterocycles. The van der Waals surface area contributed by atoms with E-state index in [1.54, 1.807) is 7.11 Å². The molecule has 1 atom stereocenters. The second-order valence-electron chi connectivity index (χ2n) is 2.68. The highest BCUT2D eigenvalue weighted by Crippen LogP contribution is 2.18. The molecule has 0 aliphatic carbocycles. The van der Waals surface area contributed by atoms with Crippen molar-refractivity contribution in [3.05, 3.63) is 36.8 Å². The van der Waals surface area contributed by atoms with E-state index < -0.39 is 0 Å². The van der Waals surface area contributed by atoms with Gasteiger partial charge in [-0.25, -0.2) is 0 Å². The molecule has 1 aromatic rings. The number of benzene rings is 1. The molecule has 1 heteroatoms. The van der Waals surface area contributed by atoms with Gasteiger partial charge >= 0.3 is 0 Å². The molecule has 0 aliphatic heterocycles. The number of hydrogen-bond acceptors (Lipinski definition) is 1. The molecule has 0 aliphatic rings. The molecule has 0 N–H and O–H groups in total. The molecule has 0 amide bonds. The van der Waals surface area contributed by atoms with Crippen molar-refractivity contribution >= 4 is 0 Å². The fourth-order valence-electron chi connectivity index (χ4n) is 0.948. The summed E-state index contributed by atoms with van der Waals surface area (Å²) in [6, 6.07) is 7.99. The van der Waals surface area contributed by atoms with Crippen LogP contribution in [-0.4, -0.2) is 7.11 Å². The molecule has 59 valence electrons. The molecular weight excluding hydrogens is 136 g/mol. The average molecular weight is 149 g/mol. The highest BCUT2D eigenvalue weighted by Gasteiger charge is 1.98. The van der Waals surface area contributed by atoms with Crippen molar-refractivity contribution in [2.75, 3.05) is 7.11 Å². The summed E-state index contributed by atoms with van der Waals surface area (Å²) >= 11 is 0. The largest absolute Gasteiger partial charge is 0.497 e. The van der Waals surface area contributed by atoms with Crippen molar-refractivity contribution in [2.24, 2.45) is 0 Å². The molecule has 0 aromatic heterocycles. The van der Waals surface area contributed by atoms with Crippen molar-refractivity contribution in [3.63, 3.8) is 0 Å². The summed E-state index contributed by atoms with van der Waals surface area (Å²) in [6.45, 7) is 5.99. The van der Waals surface area contributed by atoms with E-state index in [0.717, 1.165) is 5.75 Å². The minimum atomic E-state index is 0.324. The Labute approximate surface area is 68.0 Å². The molecule has 0 unspecified atom stereocenters. The Morgan fingerprint density at radius 2 is 2.18 bits per heavy atom. The summed E-state index contributed by atoms with van der Waals surface area (Å²) in [5.74, 6) is 1.23. The van der Waals surface area contributed by atoms with Crippen LogP contribution in [0.5, 0.6) is 5.75 Å². The third-order valence-corrected chi connectivity index (χ3v) is 1.66. The fraction of sp³-hybridized carbons (Fsp3) is 0.300. The SMILES string of the molecule is [CH2][C@@H](C)c1cccc(OC)c1. The van der Waals surface area contributed by atoms with Crippen LogP contribution in [0.15, 0.2) is 24.3 Å². The standard InChI is InChI=1S/C10H13O/c1-8(2)9-5-4-6-10(7-9)11-3/h4-8H,1H2,2-3H3/t8-/m0/s1. The van der Waals surface area contributed by atoms with Gasteiger partial charge in [-0.1, -0.05) is 19.1 Å². The average Bonchev–Trinajstić information content (AvgIpc) is 2.05. The minimum absolute atomic E-state index is 0.324. The molecule has 1 radical (unpaired) electrons. The summed E-state index contributed by atoms with van der Waals surface area (Å²) < 4.78 is 5.08. The summed E-state index contributed by atoms with van der Waals surface area (Å²) in [7, 11) is 1.67. The zero-order chi connectivity index (χ0) is 8.27. The Balaban J connectivity index is 2.91. The molecule has 1 rings (SSSR count). The van der Waals surface area contributed by atoms with E-state index >= 15 is 0 Å². The second kappa shape index (κ2) is 3.42. The van der Waals surface area contributed by atoms with Crippen LogP contribution in [0.4, 0.5) is 0 Å². The molecule has 0 saturated carbocycles. The van der Waals surface area contributed by atoms with Crippen molar-refractivity contribution in [1.29, 1.82) is 0 Å². The second-order valence-corrected chi connectivity index (χ2v) is 2.68. The van der Waals surface area contributed by atoms with E-state index in [1.807, 2.05) is 18.2 Å². The summed E-state index contributed by atoms with van der Waals surface area (Å²) in [5.41, 5.74) is 1.21. The van der Waals surface area contributed by atoms with Crippen LogP contribution >= 0.6 is 0 Å². The van der Waals surface area contributed by atoms with E-state index in [-0.39, 0.29) is 0 Å². The monoisotopic (exact) mass is 149 g/mol. The van der Waals surface area contributed by atoms with Gasteiger partial charge in [-0.05, 0) is 30.5 Å². The first-order chi connectivity index (χ1) is 5.24. The van der Waals surface area contributed by atoms with Crippen LogP contribution in [0.25, 0.3) is 0 Å². The van der Waals surface area contributed by atoms with Crippen LogP contribution in [0, 0.1) is 6.92 Å². The molecule has 1 aromatic carbocycles. The number of methoxy groups -OCH3 is 1. The van der Waals surface area contributed by atoms with Crippen LogP contribution in [0.3, 0.4) is 0 Å². The first-order valence-electron chi connectivity index (χ1n) is 3.71. The first-order valence-corrected chi connectivity index (χ1v) is 3.71. The number of rotatable bonds is 2. The van der Waals surface area contributed by atoms with Gasteiger partial charge in [-0.2, -0.15) is 0 Å². The van der Waals surface area contributed by atoms with Crippen LogP contribution in [0.1, 0.15) is 18.4 Å². The summed E-state index contributed by atoms with van der Waals surface area (Å²) in [5, 5.41) is 0. The van der Waals surface area contributed by atoms with Crippen molar-refractivity contribution in [3.8, 4) is 5.75 Å². The Morgan fingerprint density at radius 3 is 2.73 bits per heavy atom. The third-order valence-electron chi connectivity index (χ3n) is 1.66. The van der Waals surface area contributed by atoms with Crippen LogP contribution in [0.2, 0.25) is 0 Å². The zero-order valence-corrected chi connectivity index (χ0v) is 7.00. The lowest BCUT2D eigenvalue weighted by Gasteiger charge is -2.06. The molecule has 0 spiro atoms. The Kier molecular flexibility index (Phi) is 2.53. The van der Waals surface area contributed by atoms with Crippen molar-refractivity contribution in [2.45, 2.75) is 12.8 Å². The van der Waals surface area contributed by atoms with E-state index in [9.17, 15) is 0 Å². The maximum atomic E-state index is 5.08. The van der Waals surface area contributed by atoms with Gasteiger partial charge in [0, 0.05) is 0 Å². The third kappa shape index (κ3) is 1.97. The van der Waals surface area contributed by atoms with Gasteiger partial charge in [-0.15, -0.1) is 0 Å². The number of ether oxygens (including phenoxy) is 1. The van der Waals surface area contributed by atoms with Gasteiger partial charge in [0.1, 0.15) is 5.75 Å². The van der Waals surface area contributed by atoms with Gasteiger partial charge in [0.25, 0.3) is 0 Å². The van der Waals surface area contributed by atoms with Crippen LogP contribution in [-0.2, 0) is 0 Å². The summed E-state index contributed by atoms with van der Waals surface area (Å²) in [4.78, 5) is 0. The lowest BCUT2D eigenvalue weighted by Crippen LogP contribution is -1.88. The first kappa shape index (κ1) is 8.12. The Bertz CT molecular complexity index is 228. The number of hydrogen-bond donors (Lipinski definition) is 0. The molecule has 11 heavy (non-hydrogen) atoms. The molecule has 1 nitrogen and oxygen atoms in total. The van der Waals surface area contributed by atoms with Gasteiger partial charge in [0.15, 0.2) is 0 Å². The predicted molar refractivity (Wildman–Crippen MR) is 46.8 cm³/mol. The lowest BCUT2D eigenvalue weighted by molar-refractivity contribution is 0.414. The topological polar surface area (TPSA) is 9.23 Å². The van der Waals surface area contributed by atoms with Crippen molar-refractivity contribution in [1.82, 2.24) is 0 Å². The van der Waals surface area contributed by atoms with E-state index in [1.165, 1.54) is 5.56 Å². The smallest absolute Gasteiger partial charge is 0.119 e. The van der Waals surface area contributed by atoms with E-state index in [4.69, 9.17) is 4.74 Å². The van der Waals surface area contributed by atoms with Crippen molar-refractivity contribution < 1.29 is 4.74 Å². The van der Waals surface area contributed by atoms with Gasteiger partial charge in [-0.3, -0.25) is 0 Å². The lowest BCUT2D eigenvalue weighted by atomic mass is 10.0. The van der Waals surface area contributed by atoms with Gasteiger partial charge in [0.2, 0.25) is 0 Å². The Morgan fingerprint density at radius 1 is 1.45 bits per heavy atom. The summed E-state index contributed by atoms with van der Waals surface area (Å²) in [6.07, 6.45) is 0. The molecule has 0 bridgehead atoms. The van der Waals surface area contributed by atoms with Gasteiger partial charge < -0.3 is 4.74 Å².